The van der Waals surface area contributed by atoms with Crippen molar-refractivity contribution in [2.45, 2.75) is 13.5 Å². The van der Waals surface area contributed by atoms with Crippen molar-refractivity contribution in [2.24, 2.45) is 0 Å². The number of carbonyl (C=O) groups excluding carboxylic acids is 2. The summed E-state index contributed by atoms with van der Waals surface area (Å²) in [5.74, 6) is -0.844. The highest BCUT2D eigenvalue weighted by Gasteiger charge is 2.11. The van der Waals surface area contributed by atoms with Gasteiger partial charge in [-0.25, -0.2) is 4.79 Å². The standard InChI is InChI=1S/C24H25N3O3/c1-18-9-11-20(12-10-18)24-21(13-14-23(29)30-17-22(28)26(2)3)16-27(25-24)15-19-7-5-4-6-8-19/h4-14,16H,15,17H2,1-3H3/b14-13+. The maximum Gasteiger partial charge on any atom is 0.331 e. The molecule has 0 aliphatic heterocycles. The van der Waals surface area contributed by atoms with Crippen LogP contribution in [0.15, 0.2) is 66.9 Å². The molecule has 0 atom stereocenters. The van der Waals surface area contributed by atoms with Crippen LogP contribution in [-0.2, 0) is 20.9 Å². The van der Waals surface area contributed by atoms with Crippen LogP contribution in [0.2, 0.25) is 0 Å². The quantitative estimate of drug-likeness (QED) is 0.447. The highest BCUT2D eigenvalue weighted by molar-refractivity contribution is 5.90. The van der Waals surface area contributed by atoms with Gasteiger partial charge in [0.2, 0.25) is 0 Å². The van der Waals surface area contributed by atoms with Gasteiger partial charge in [-0.1, -0.05) is 60.2 Å². The highest BCUT2D eigenvalue weighted by Crippen LogP contribution is 2.24. The molecular formula is C24H25N3O3. The third-order valence-corrected chi connectivity index (χ3v) is 4.54. The van der Waals surface area contributed by atoms with E-state index in [1.807, 2.05) is 72.4 Å². The molecule has 0 saturated heterocycles. The molecule has 3 rings (SSSR count). The van der Waals surface area contributed by atoms with Gasteiger partial charge in [0, 0.05) is 37.5 Å². The Labute approximate surface area is 176 Å². The number of hydrogen-bond donors (Lipinski definition) is 0. The fourth-order valence-corrected chi connectivity index (χ4v) is 2.81. The molecule has 2 aromatic carbocycles. The van der Waals surface area contributed by atoms with Crippen LogP contribution < -0.4 is 0 Å². The van der Waals surface area contributed by atoms with E-state index in [2.05, 4.69) is 0 Å². The summed E-state index contributed by atoms with van der Waals surface area (Å²) in [5, 5.41) is 4.73. The molecule has 0 N–H and O–H groups in total. The number of esters is 1. The maximum atomic E-state index is 12.0. The van der Waals surface area contributed by atoms with Gasteiger partial charge in [0.25, 0.3) is 5.91 Å². The molecule has 30 heavy (non-hydrogen) atoms. The first-order valence-electron chi connectivity index (χ1n) is 9.66. The van der Waals surface area contributed by atoms with Crippen LogP contribution in [-0.4, -0.2) is 47.3 Å². The van der Waals surface area contributed by atoms with Gasteiger partial charge in [0.1, 0.15) is 0 Å². The van der Waals surface area contributed by atoms with Crippen LogP contribution in [0, 0.1) is 6.92 Å². The second-order valence-corrected chi connectivity index (χ2v) is 7.21. The first kappa shape index (κ1) is 21.0. The Balaban J connectivity index is 1.82. The molecule has 1 heterocycles. The lowest BCUT2D eigenvalue weighted by Crippen LogP contribution is -2.27. The minimum Gasteiger partial charge on any atom is -0.452 e. The van der Waals surface area contributed by atoms with Gasteiger partial charge < -0.3 is 9.64 Å². The Kier molecular flexibility index (Phi) is 6.80. The SMILES string of the molecule is Cc1ccc(-c2nn(Cc3ccccc3)cc2/C=C/C(=O)OCC(=O)N(C)C)cc1. The number of rotatable bonds is 7. The number of hydrogen-bond acceptors (Lipinski definition) is 4. The monoisotopic (exact) mass is 403 g/mol. The van der Waals surface area contributed by atoms with E-state index in [-0.39, 0.29) is 12.5 Å². The number of benzene rings is 2. The summed E-state index contributed by atoms with van der Waals surface area (Å²) >= 11 is 0. The van der Waals surface area contributed by atoms with Crippen molar-refractivity contribution in [2.75, 3.05) is 20.7 Å². The fraction of sp³-hybridized carbons (Fsp3) is 0.208. The van der Waals surface area contributed by atoms with Gasteiger partial charge in [-0.3, -0.25) is 9.48 Å². The van der Waals surface area contributed by atoms with Crippen molar-refractivity contribution in [1.82, 2.24) is 14.7 Å². The number of carbonyl (C=O) groups is 2. The van der Waals surface area contributed by atoms with Crippen LogP contribution in [0.4, 0.5) is 0 Å². The lowest BCUT2D eigenvalue weighted by molar-refractivity contribution is -0.146. The molecule has 3 aromatic rings. The zero-order valence-electron chi connectivity index (χ0n) is 17.4. The number of aryl methyl sites for hydroxylation is 1. The molecule has 6 heteroatoms. The summed E-state index contributed by atoms with van der Waals surface area (Å²) in [5.41, 5.74) is 4.83. The van der Waals surface area contributed by atoms with Gasteiger partial charge in [-0.05, 0) is 18.6 Å². The summed E-state index contributed by atoms with van der Waals surface area (Å²) in [7, 11) is 3.22. The van der Waals surface area contributed by atoms with Crippen LogP contribution in [0.5, 0.6) is 0 Å². The first-order valence-corrected chi connectivity index (χ1v) is 9.66. The molecule has 0 fully saturated rings. The molecule has 0 radical (unpaired) electrons. The molecule has 1 amide bonds. The van der Waals surface area contributed by atoms with E-state index in [9.17, 15) is 9.59 Å². The summed E-state index contributed by atoms with van der Waals surface area (Å²) in [6.07, 6.45) is 4.90. The Hall–Kier alpha value is -3.67. The van der Waals surface area contributed by atoms with E-state index >= 15 is 0 Å². The first-order chi connectivity index (χ1) is 14.4. The van der Waals surface area contributed by atoms with Gasteiger partial charge >= 0.3 is 5.97 Å². The van der Waals surface area contributed by atoms with E-state index in [0.717, 1.165) is 27.9 Å². The minimum absolute atomic E-state index is 0.271. The summed E-state index contributed by atoms with van der Waals surface area (Å²) in [6, 6.07) is 18.1. The Morgan fingerprint density at radius 2 is 1.77 bits per heavy atom. The molecule has 0 aliphatic rings. The van der Waals surface area contributed by atoms with Gasteiger partial charge in [-0.15, -0.1) is 0 Å². The Morgan fingerprint density at radius 3 is 2.43 bits per heavy atom. The van der Waals surface area contributed by atoms with Crippen molar-refractivity contribution >= 4 is 18.0 Å². The average molecular weight is 403 g/mol. The predicted molar refractivity (Wildman–Crippen MR) is 117 cm³/mol. The van der Waals surface area contributed by atoms with E-state index < -0.39 is 5.97 Å². The van der Waals surface area contributed by atoms with Crippen LogP contribution in [0.1, 0.15) is 16.7 Å². The number of amides is 1. The van der Waals surface area contributed by atoms with Gasteiger partial charge in [-0.2, -0.15) is 5.10 Å². The van der Waals surface area contributed by atoms with E-state index in [0.29, 0.717) is 6.54 Å². The molecule has 0 bridgehead atoms. The number of nitrogens with zero attached hydrogens (tertiary/aromatic N) is 3. The van der Waals surface area contributed by atoms with Gasteiger partial charge in [0.15, 0.2) is 6.61 Å². The van der Waals surface area contributed by atoms with Crippen LogP contribution >= 0.6 is 0 Å². The number of likely N-dealkylation sites (N-methyl/N-ethyl adjacent to an activating group) is 1. The van der Waals surface area contributed by atoms with Crippen molar-refractivity contribution in [3.05, 3.63) is 83.6 Å². The van der Waals surface area contributed by atoms with Gasteiger partial charge in [0.05, 0.1) is 12.2 Å². The molecule has 6 nitrogen and oxygen atoms in total. The summed E-state index contributed by atoms with van der Waals surface area (Å²) < 4.78 is 6.86. The molecule has 0 saturated carbocycles. The second kappa shape index (κ2) is 9.69. The lowest BCUT2D eigenvalue weighted by Gasteiger charge is -2.09. The van der Waals surface area contributed by atoms with Crippen LogP contribution in [0.25, 0.3) is 17.3 Å². The van der Waals surface area contributed by atoms with E-state index in [1.54, 1.807) is 20.2 Å². The predicted octanol–water partition coefficient (Wildman–Crippen LogP) is 3.55. The minimum atomic E-state index is -0.573. The van der Waals surface area contributed by atoms with Crippen molar-refractivity contribution < 1.29 is 14.3 Å². The third kappa shape index (κ3) is 5.67. The zero-order valence-corrected chi connectivity index (χ0v) is 17.4. The summed E-state index contributed by atoms with van der Waals surface area (Å²) in [6.45, 7) is 2.37. The smallest absolute Gasteiger partial charge is 0.331 e. The molecule has 1 aromatic heterocycles. The molecule has 0 aliphatic carbocycles. The second-order valence-electron chi connectivity index (χ2n) is 7.21. The van der Waals surface area contributed by atoms with Crippen LogP contribution in [0.3, 0.4) is 0 Å². The Bertz CT molecular complexity index is 1040. The fourth-order valence-electron chi connectivity index (χ4n) is 2.81. The highest BCUT2D eigenvalue weighted by atomic mass is 16.5. The molecule has 0 spiro atoms. The van der Waals surface area contributed by atoms with E-state index in [4.69, 9.17) is 9.84 Å². The molecule has 0 unspecified atom stereocenters. The number of ether oxygens (including phenoxy) is 1. The van der Waals surface area contributed by atoms with Crippen molar-refractivity contribution in [1.29, 1.82) is 0 Å². The zero-order chi connectivity index (χ0) is 21.5. The largest absolute Gasteiger partial charge is 0.452 e. The van der Waals surface area contributed by atoms with Crippen molar-refractivity contribution in [3.63, 3.8) is 0 Å². The Morgan fingerprint density at radius 1 is 1.07 bits per heavy atom. The lowest BCUT2D eigenvalue weighted by atomic mass is 10.1. The summed E-state index contributed by atoms with van der Waals surface area (Å²) in [4.78, 5) is 25.0. The van der Waals surface area contributed by atoms with Crippen molar-refractivity contribution in [3.8, 4) is 11.3 Å². The molecule has 154 valence electrons. The topological polar surface area (TPSA) is 64.4 Å². The number of aromatic nitrogens is 2. The maximum absolute atomic E-state index is 12.0. The average Bonchev–Trinajstić information content (AvgIpc) is 3.14. The third-order valence-electron chi connectivity index (χ3n) is 4.54. The van der Waals surface area contributed by atoms with E-state index in [1.165, 1.54) is 11.0 Å². The normalized spacial score (nSPS) is 10.9. The molecular weight excluding hydrogens is 378 g/mol.